The Balaban J connectivity index is 1.21. The van der Waals surface area contributed by atoms with Crippen LogP contribution in [0, 0.1) is 0 Å². The van der Waals surface area contributed by atoms with Crippen molar-refractivity contribution in [2.75, 3.05) is 0 Å². The number of furan rings is 2. The number of para-hydroxylation sites is 1. The molecule has 2 nitrogen and oxygen atoms in total. The van der Waals surface area contributed by atoms with Gasteiger partial charge in [-0.15, -0.1) is 0 Å². The van der Waals surface area contributed by atoms with Crippen molar-refractivity contribution in [2.24, 2.45) is 0 Å². The highest BCUT2D eigenvalue weighted by Crippen LogP contribution is 2.40. The minimum Gasteiger partial charge on any atom is -0.452 e. The molecule has 7 aromatic carbocycles. The van der Waals surface area contributed by atoms with Gasteiger partial charge in [0.15, 0.2) is 11.2 Å². The second kappa shape index (κ2) is 13.9. The third kappa shape index (κ3) is 5.60. The first kappa shape index (κ1) is 33.0. The molecule has 54 heavy (non-hydrogen) atoms. The van der Waals surface area contributed by atoms with Crippen LogP contribution in [0.2, 0.25) is 0 Å². The molecule has 0 spiro atoms. The Bertz CT molecular complexity index is 3130. The van der Waals surface area contributed by atoms with Crippen molar-refractivity contribution < 1.29 is 8.83 Å². The molecular formula is C52H38O2. The zero-order valence-corrected chi connectivity index (χ0v) is 30.2. The normalized spacial score (nSPS) is 12.2. The summed E-state index contributed by atoms with van der Waals surface area (Å²) in [6.07, 6.45) is 6.99. The number of hydrogen-bond donors (Lipinski definition) is 0. The van der Waals surface area contributed by atoms with E-state index >= 15 is 0 Å². The van der Waals surface area contributed by atoms with Crippen molar-refractivity contribution in [1.29, 1.82) is 0 Å². The van der Waals surface area contributed by atoms with Gasteiger partial charge in [0.2, 0.25) is 0 Å². The molecule has 0 radical (unpaired) electrons. The highest BCUT2D eigenvalue weighted by Gasteiger charge is 2.19. The van der Waals surface area contributed by atoms with E-state index in [1.54, 1.807) is 0 Å². The smallest absolute Gasteiger partial charge is 0.179 e. The lowest BCUT2D eigenvalue weighted by Gasteiger charge is -2.13. The van der Waals surface area contributed by atoms with Gasteiger partial charge in [-0.3, -0.25) is 0 Å². The molecule has 0 aliphatic heterocycles. The van der Waals surface area contributed by atoms with Crippen LogP contribution in [0.25, 0.3) is 89.4 Å². The van der Waals surface area contributed by atoms with E-state index in [1.165, 1.54) is 10.9 Å². The number of hydrogen-bond acceptors (Lipinski definition) is 2. The van der Waals surface area contributed by atoms with Crippen LogP contribution in [-0.4, -0.2) is 0 Å². The maximum atomic E-state index is 6.65. The van der Waals surface area contributed by atoms with Crippen molar-refractivity contribution in [3.05, 3.63) is 204 Å². The van der Waals surface area contributed by atoms with E-state index in [0.29, 0.717) is 0 Å². The van der Waals surface area contributed by atoms with E-state index < -0.39 is 0 Å². The molecule has 0 aliphatic rings. The molecule has 258 valence electrons. The van der Waals surface area contributed by atoms with Gasteiger partial charge in [-0.1, -0.05) is 177 Å². The monoisotopic (exact) mass is 694 g/mol. The molecule has 0 fully saturated rings. The van der Waals surface area contributed by atoms with Crippen molar-refractivity contribution in [1.82, 2.24) is 0 Å². The largest absolute Gasteiger partial charge is 0.452 e. The number of rotatable bonds is 6. The van der Waals surface area contributed by atoms with Gasteiger partial charge in [-0.25, -0.2) is 0 Å². The number of fused-ring (bicyclic) bond motifs is 9. The lowest BCUT2D eigenvalue weighted by molar-refractivity contribution is 0.566. The first-order chi connectivity index (χ1) is 26.6. The zero-order valence-electron chi connectivity index (χ0n) is 30.2. The fraction of sp³-hybridized carbons (Fsp3) is 0.0385. The fourth-order valence-corrected chi connectivity index (χ4v) is 7.96. The maximum Gasteiger partial charge on any atom is 0.179 e. The summed E-state index contributed by atoms with van der Waals surface area (Å²) in [6.45, 7) is 10.7. The second-order valence-electron chi connectivity index (χ2n) is 13.6. The van der Waals surface area contributed by atoms with Gasteiger partial charge >= 0.3 is 0 Å². The lowest BCUT2D eigenvalue weighted by Crippen LogP contribution is -2.20. The van der Waals surface area contributed by atoms with Crippen molar-refractivity contribution in [3.63, 3.8) is 0 Å². The molecule has 0 aliphatic carbocycles. The van der Waals surface area contributed by atoms with Crippen molar-refractivity contribution in [3.8, 4) is 11.1 Å². The van der Waals surface area contributed by atoms with E-state index in [-0.39, 0.29) is 0 Å². The molecule has 0 saturated carbocycles. The average molecular weight is 695 g/mol. The van der Waals surface area contributed by atoms with Crippen LogP contribution in [0.5, 0.6) is 0 Å². The number of benzene rings is 6. The molecule has 0 unspecified atom stereocenters. The van der Waals surface area contributed by atoms with Crippen LogP contribution < -0.4 is 10.6 Å². The maximum absolute atomic E-state index is 6.65. The summed E-state index contributed by atoms with van der Waals surface area (Å²) in [5, 5.41) is 8.96. The molecule has 0 N–H and O–H groups in total. The second-order valence-corrected chi connectivity index (χ2v) is 13.6. The minimum atomic E-state index is 0.726. The molecule has 0 atom stereocenters. The standard InChI is InChI=1S/C52H38O2/c1-4-36-20-10-11-22-38(36)34(3)39-23-8-6-7-9-24-40(42-26-13-12-25-41(39)42)37-21-18-19-35(33-37)31-32-46-47(5-2)53-51-50(46)44-28-15-14-27-43(44)49-45-29-16-17-30-48(45)54-52(49)51/h4-30,32-33H,1,3,31H2,2H3/b7-6?,8-6?,9-7?,23-8?,24-9?,39-23?,40-24?,41-39?,42-40?,46-32+,47-5+. The molecule has 0 amide bonds. The summed E-state index contributed by atoms with van der Waals surface area (Å²) >= 11 is 0. The summed E-state index contributed by atoms with van der Waals surface area (Å²) in [5.74, 6) is 0. The van der Waals surface area contributed by atoms with Gasteiger partial charge in [0.25, 0.3) is 0 Å². The fourth-order valence-electron chi connectivity index (χ4n) is 7.96. The van der Waals surface area contributed by atoms with Crippen LogP contribution in [0.15, 0.2) is 180 Å². The Morgan fingerprint density at radius 2 is 1.20 bits per heavy atom. The van der Waals surface area contributed by atoms with Crippen molar-refractivity contribution >= 4 is 78.3 Å². The van der Waals surface area contributed by atoms with E-state index in [2.05, 4.69) is 165 Å². The van der Waals surface area contributed by atoms with Crippen LogP contribution in [-0.2, 0) is 6.42 Å². The van der Waals surface area contributed by atoms with E-state index in [4.69, 9.17) is 8.83 Å². The van der Waals surface area contributed by atoms with Gasteiger partial charge in [-0.05, 0) is 86.0 Å². The third-order valence-corrected chi connectivity index (χ3v) is 10.5. The zero-order chi connectivity index (χ0) is 36.6. The van der Waals surface area contributed by atoms with Crippen LogP contribution >= 0.6 is 0 Å². The SMILES string of the molecule is C=Cc1ccccc1C(=C)c1ccccccc(-c2cccc(C/C=c3\c(=C/C)oc4c5oc6ccccc6c5c5ccccc5c34)c2)c2ccccc12. The van der Waals surface area contributed by atoms with Crippen LogP contribution in [0.4, 0.5) is 0 Å². The molecular weight excluding hydrogens is 657 g/mol. The van der Waals surface area contributed by atoms with Crippen molar-refractivity contribution in [2.45, 2.75) is 13.3 Å². The predicted molar refractivity (Wildman–Crippen MR) is 230 cm³/mol. The first-order valence-corrected chi connectivity index (χ1v) is 18.4. The Hall–Kier alpha value is -6.90. The Morgan fingerprint density at radius 1 is 0.574 bits per heavy atom. The van der Waals surface area contributed by atoms with E-state index in [1.807, 2.05) is 31.2 Å². The molecule has 9 aromatic rings. The molecule has 0 saturated heterocycles. The molecule has 0 bridgehead atoms. The highest BCUT2D eigenvalue weighted by molar-refractivity contribution is 6.29. The minimum absolute atomic E-state index is 0.726. The Morgan fingerprint density at radius 3 is 2.00 bits per heavy atom. The van der Waals surface area contributed by atoms with Gasteiger partial charge < -0.3 is 8.83 Å². The Labute approximate surface area is 314 Å². The lowest BCUT2D eigenvalue weighted by atomic mass is 9.91. The van der Waals surface area contributed by atoms with Gasteiger partial charge in [0, 0.05) is 21.4 Å². The van der Waals surface area contributed by atoms with Crippen LogP contribution in [0.3, 0.4) is 0 Å². The summed E-state index contributed by atoms with van der Waals surface area (Å²) in [5.41, 5.74) is 10.9. The predicted octanol–water partition coefficient (Wildman–Crippen LogP) is 13.0. The quantitative estimate of drug-likeness (QED) is 0.173. The summed E-state index contributed by atoms with van der Waals surface area (Å²) in [6, 6.07) is 55.4. The van der Waals surface area contributed by atoms with E-state index in [0.717, 1.165) is 99.5 Å². The molecule has 2 aromatic heterocycles. The van der Waals surface area contributed by atoms with Crippen LogP contribution in [0.1, 0.15) is 29.2 Å². The average Bonchev–Trinajstić information content (AvgIpc) is 3.81. The molecule has 2 heterocycles. The molecule has 2 heteroatoms. The molecule has 9 rings (SSSR count). The van der Waals surface area contributed by atoms with Gasteiger partial charge in [0.1, 0.15) is 11.0 Å². The Kier molecular flexibility index (Phi) is 8.49. The summed E-state index contributed by atoms with van der Waals surface area (Å²) < 4.78 is 13.2. The first-order valence-electron chi connectivity index (χ1n) is 18.4. The third-order valence-electron chi connectivity index (χ3n) is 10.5. The topological polar surface area (TPSA) is 26.3 Å². The van der Waals surface area contributed by atoms with Gasteiger partial charge in [-0.2, -0.15) is 0 Å². The van der Waals surface area contributed by atoms with Gasteiger partial charge in [0.05, 0.1) is 0 Å². The highest BCUT2D eigenvalue weighted by atomic mass is 16.4. The summed E-state index contributed by atoms with van der Waals surface area (Å²) in [7, 11) is 0. The van der Waals surface area contributed by atoms with E-state index in [9.17, 15) is 0 Å². The summed E-state index contributed by atoms with van der Waals surface area (Å²) in [4.78, 5) is 0.